The lowest BCUT2D eigenvalue weighted by atomic mass is 9.96. The van der Waals surface area contributed by atoms with Gasteiger partial charge in [-0.05, 0) is 47.9 Å². The summed E-state index contributed by atoms with van der Waals surface area (Å²) in [5, 5.41) is 8.92. The summed E-state index contributed by atoms with van der Waals surface area (Å²) in [6.45, 7) is 1.65. The van der Waals surface area contributed by atoms with Gasteiger partial charge in [-0.3, -0.25) is 0 Å². The van der Waals surface area contributed by atoms with Crippen molar-refractivity contribution in [1.82, 2.24) is 0 Å². The molecule has 0 amide bonds. The molecular formula is C16H13F3O3. The quantitative estimate of drug-likeness (QED) is 0.914. The number of carbonyl (C=O) groups is 1. The molecule has 2 aromatic carbocycles. The van der Waals surface area contributed by atoms with Crippen molar-refractivity contribution in [3.8, 4) is 16.9 Å². The largest absolute Gasteiger partial charge is 0.496 e. The number of carboxylic acid groups (broad SMARTS) is 1. The lowest BCUT2D eigenvalue weighted by Gasteiger charge is -2.14. The minimum absolute atomic E-state index is 0.0887. The fourth-order valence-electron chi connectivity index (χ4n) is 2.22. The van der Waals surface area contributed by atoms with Gasteiger partial charge in [0.1, 0.15) is 5.75 Å². The van der Waals surface area contributed by atoms with E-state index in [-0.39, 0.29) is 11.3 Å². The fourth-order valence-corrected chi connectivity index (χ4v) is 2.22. The number of aromatic carboxylic acids is 1. The molecule has 0 atom stereocenters. The molecule has 0 radical (unpaired) electrons. The van der Waals surface area contributed by atoms with Crippen LogP contribution in [-0.2, 0) is 6.18 Å². The molecule has 0 bridgehead atoms. The molecule has 0 spiro atoms. The van der Waals surface area contributed by atoms with Gasteiger partial charge < -0.3 is 9.84 Å². The van der Waals surface area contributed by atoms with Crippen molar-refractivity contribution < 1.29 is 27.8 Å². The Morgan fingerprint density at radius 3 is 2.32 bits per heavy atom. The number of halogens is 3. The maximum atomic E-state index is 13.0. The molecule has 0 unspecified atom stereocenters. The number of ether oxygens (including phenoxy) is 1. The summed E-state index contributed by atoms with van der Waals surface area (Å²) in [5.41, 5.74) is 0.693. The predicted octanol–water partition coefficient (Wildman–Crippen LogP) is 4.39. The molecule has 2 rings (SSSR count). The van der Waals surface area contributed by atoms with Crippen LogP contribution in [0.1, 0.15) is 21.5 Å². The molecule has 22 heavy (non-hydrogen) atoms. The normalized spacial score (nSPS) is 11.3. The molecule has 0 aliphatic carbocycles. The number of benzene rings is 2. The van der Waals surface area contributed by atoms with Crippen LogP contribution < -0.4 is 4.74 Å². The highest BCUT2D eigenvalue weighted by atomic mass is 19.4. The summed E-state index contributed by atoms with van der Waals surface area (Å²) < 4.78 is 43.9. The van der Waals surface area contributed by atoms with Crippen LogP contribution >= 0.6 is 0 Å². The van der Waals surface area contributed by atoms with Gasteiger partial charge in [-0.25, -0.2) is 4.79 Å². The van der Waals surface area contributed by atoms with Crippen molar-refractivity contribution in [2.45, 2.75) is 13.1 Å². The average molecular weight is 310 g/mol. The van der Waals surface area contributed by atoms with Gasteiger partial charge in [-0.2, -0.15) is 13.2 Å². The molecular weight excluding hydrogens is 297 g/mol. The highest BCUT2D eigenvalue weighted by molar-refractivity contribution is 5.89. The van der Waals surface area contributed by atoms with Crippen LogP contribution in [0, 0.1) is 6.92 Å². The second-order valence-corrected chi connectivity index (χ2v) is 4.75. The molecule has 1 N–H and O–H groups in total. The Bertz CT molecular complexity index is 721. The van der Waals surface area contributed by atoms with Crippen molar-refractivity contribution >= 4 is 5.97 Å². The molecule has 0 aliphatic heterocycles. The molecule has 0 aliphatic rings. The second-order valence-electron chi connectivity index (χ2n) is 4.75. The van der Waals surface area contributed by atoms with Crippen LogP contribution in [0.25, 0.3) is 11.1 Å². The van der Waals surface area contributed by atoms with Gasteiger partial charge in [0.15, 0.2) is 0 Å². The van der Waals surface area contributed by atoms with E-state index in [4.69, 9.17) is 9.84 Å². The van der Waals surface area contributed by atoms with Gasteiger partial charge in [-0.15, -0.1) is 0 Å². The lowest BCUT2D eigenvalue weighted by Crippen LogP contribution is -2.07. The van der Waals surface area contributed by atoms with E-state index in [9.17, 15) is 18.0 Å². The highest BCUT2D eigenvalue weighted by Gasteiger charge is 2.34. The molecule has 0 saturated heterocycles. The summed E-state index contributed by atoms with van der Waals surface area (Å²) in [5.74, 6) is -1.34. The molecule has 0 saturated carbocycles. The van der Waals surface area contributed by atoms with Crippen LogP contribution in [0.3, 0.4) is 0 Å². The topological polar surface area (TPSA) is 46.5 Å². The zero-order valence-electron chi connectivity index (χ0n) is 11.9. The third-order valence-electron chi connectivity index (χ3n) is 3.29. The first-order chi connectivity index (χ1) is 10.2. The van der Waals surface area contributed by atoms with Gasteiger partial charge in [0.2, 0.25) is 0 Å². The van der Waals surface area contributed by atoms with E-state index < -0.39 is 17.7 Å². The molecule has 0 heterocycles. The first-order valence-electron chi connectivity index (χ1n) is 6.33. The monoisotopic (exact) mass is 310 g/mol. The third-order valence-corrected chi connectivity index (χ3v) is 3.29. The number of rotatable bonds is 3. The number of hydrogen-bond acceptors (Lipinski definition) is 2. The number of hydrogen-bond donors (Lipinski definition) is 1. The molecule has 116 valence electrons. The third kappa shape index (κ3) is 3.05. The van der Waals surface area contributed by atoms with Gasteiger partial charge in [0.05, 0.1) is 18.2 Å². The van der Waals surface area contributed by atoms with Crippen molar-refractivity contribution in [3.05, 3.63) is 53.1 Å². The predicted molar refractivity (Wildman–Crippen MR) is 75.1 cm³/mol. The Labute approximate surface area is 125 Å². The maximum absolute atomic E-state index is 13.0. The van der Waals surface area contributed by atoms with Crippen LogP contribution in [0.15, 0.2) is 36.4 Å². The smallest absolute Gasteiger partial charge is 0.419 e. The zero-order valence-corrected chi connectivity index (χ0v) is 11.9. The van der Waals surface area contributed by atoms with E-state index in [1.165, 1.54) is 37.4 Å². The van der Waals surface area contributed by atoms with Crippen LogP contribution in [0.2, 0.25) is 0 Å². The van der Waals surface area contributed by atoms with E-state index in [1.54, 1.807) is 6.92 Å². The summed E-state index contributed by atoms with van der Waals surface area (Å²) in [4.78, 5) is 10.9. The van der Waals surface area contributed by atoms with Crippen molar-refractivity contribution in [2.24, 2.45) is 0 Å². The number of aryl methyl sites for hydroxylation is 1. The average Bonchev–Trinajstić information content (AvgIpc) is 2.45. The minimum Gasteiger partial charge on any atom is -0.496 e. The summed E-state index contributed by atoms with van der Waals surface area (Å²) in [7, 11) is 1.18. The van der Waals surface area contributed by atoms with E-state index in [1.807, 2.05) is 0 Å². The fraction of sp³-hybridized carbons (Fsp3) is 0.188. The van der Waals surface area contributed by atoms with Crippen molar-refractivity contribution in [1.29, 1.82) is 0 Å². The van der Waals surface area contributed by atoms with E-state index in [0.717, 1.165) is 6.07 Å². The van der Waals surface area contributed by atoms with Gasteiger partial charge in [0.25, 0.3) is 0 Å². The Morgan fingerprint density at radius 2 is 1.82 bits per heavy atom. The van der Waals surface area contributed by atoms with Crippen LogP contribution in [-0.4, -0.2) is 18.2 Å². The lowest BCUT2D eigenvalue weighted by molar-refractivity contribution is -0.138. The Morgan fingerprint density at radius 1 is 1.14 bits per heavy atom. The Balaban J connectivity index is 2.56. The molecule has 0 aromatic heterocycles. The maximum Gasteiger partial charge on any atom is 0.419 e. The Hall–Kier alpha value is -2.50. The zero-order chi connectivity index (χ0) is 16.5. The second kappa shape index (κ2) is 5.71. The molecule has 6 heteroatoms. The van der Waals surface area contributed by atoms with Crippen molar-refractivity contribution in [3.63, 3.8) is 0 Å². The standard InChI is InChI=1S/C16H13F3O3/c1-9-7-11(15(20)21)3-5-12(9)10-4-6-14(22-2)13(8-10)16(17,18)19/h3-8H,1-2H3,(H,20,21). The van der Waals surface area contributed by atoms with E-state index in [0.29, 0.717) is 16.7 Å². The number of methoxy groups -OCH3 is 1. The van der Waals surface area contributed by atoms with Crippen molar-refractivity contribution in [2.75, 3.05) is 7.11 Å². The van der Waals surface area contributed by atoms with E-state index in [2.05, 4.69) is 0 Å². The first-order valence-corrected chi connectivity index (χ1v) is 6.33. The van der Waals surface area contributed by atoms with E-state index >= 15 is 0 Å². The number of carboxylic acids is 1. The van der Waals surface area contributed by atoms with Crippen LogP contribution in [0.5, 0.6) is 5.75 Å². The van der Waals surface area contributed by atoms with Crippen LogP contribution in [0.4, 0.5) is 13.2 Å². The van der Waals surface area contributed by atoms with Gasteiger partial charge in [-0.1, -0.05) is 12.1 Å². The summed E-state index contributed by atoms with van der Waals surface area (Å²) in [6.07, 6.45) is -4.53. The number of alkyl halides is 3. The molecule has 0 fully saturated rings. The summed E-state index contributed by atoms with van der Waals surface area (Å²) >= 11 is 0. The Kier molecular flexibility index (Phi) is 4.12. The highest BCUT2D eigenvalue weighted by Crippen LogP contribution is 2.39. The SMILES string of the molecule is COc1ccc(-c2ccc(C(=O)O)cc2C)cc1C(F)(F)F. The van der Waals surface area contributed by atoms with Gasteiger partial charge in [0, 0.05) is 0 Å². The minimum atomic E-state index is -4.53. The summed E-state index contributed by atoms with van der Waals surface area (Å²) in [6, 6.07) is 8.05. The molecule has 2 aromatic rings. The van der Waals surface area contributed by atoms with Gasteiger partial charge >= 0.3 is 12.1 Å². The first kappa shape index (κ1) is 15.9. The molecule has 3 nitrogen and oxygen atoms in total.